The monoisotopic (exact) mass is 662 g/mol. The van der Waals surface area contributed by atoms with Crippen LogP contribution < -0.4 is 9.80 Å². The lowest BCUT2D eigenvalue weighted by Gasteiger charge is -2.27. The number of anilines is 6. The van der Waals surface area contributed by atoms with Crippen molar-refractivity contribution in [2.24, 2.45) is 0 Å². The number of benzene rings is 7. The second-order valence-electron chi connectivity index (χ2n) is 13.8. The maximum Gasteiger partial charge on any atom is 0.0490 e. The Labute approximate surface area is 304 Å². The average Bonchev–Trinajstić information content (AvgIpc) is 3.15. The first-order valence-electron chi connectivity index (χ1n) is 18.0. The van der Waals surface area contributed by atoms with Gasteiger partial charge in [-0.05, 0) is 141 Å². The Morgan fingerprint density at radius 1 is 0.333 bits per heavy atom. The maximum atomic E-state index is 2.37. The van der Waals surface area contributed by atoms with Crippen molar-refractivity contribution in [3.8, 4) is 22.3 Å². The second-order valence-corrected chi connectivity index (χ2v) is 13.8. The fourth-order valence-electron chi connectivity index (χ4n) is 7.00. The van der Waals surface area contributed by atoms with E-state index in [9.17, 15) is 0 Å². The highest BCUT2D eigenvalue weighted by Crippen LogP contribution is 2.40. The summed E-state index contributed by atoms with van der Waals surface area (Å²) in [6.07, 6.45) is 1.03. The molecule has 0 N–H and O–H groups in total. The summed E-state index contributed by atoms with van der Waals surface area (Å²) in [7, 11) is 0. The lowest BCUT2D eigenvalue weighted by molar-refractivity contribution is 1.13. The smallest absolute Gasteiger partial charge is 0.0490 e. The number of nitrogens with zero attached hydrogens (tertiary/aromatic N) is 2. The maximum absolute atomic E-state index is 2.37. The van der Waals surface area contributed by atoms with Crippen molar-refractivity contribution < 1.29 is 0 Å². The van der Waals surface area contributed by atoms with Gasteiger partial charge < -0.3 is 9.80 Å². The van der Waals surface area contributed by atoms with Gasteiger partial charge in [0.05, 0.1) is 0 Å². The van der Waals surface area contributed by atoms with E-state index in [1.54, 1.807) is 0 Å². The van der Waals surface area contributed by atoms with Crippen LogP contribution in [-0.2, 0) is 6.42 Å². The van der Waals surface area contributed by atoms with Crippen molar-refractivity contribution in [3.63, 3.8) is 0 Å². The molecule has 0 aliphatic heterocycles. The van der Waals surface area contributed by atoms with Crippen molar-refractivity contribution in [1.82, 2.24) is 0 Å². The largest absolute Gasteiger partial charge is 0.310 e. The molecule has 0 unspecified atom stereocenters. The van der Waals surface area contributed by atoms with Gasteiger partial charge in [-0.15, -0.1) is 0 Å². The first-order valence-corrected chi connectivity index (χ1v) is 18.0. The van der Waals surface area contributed by atoms with Crippen LogP contribution in [0, 0.1) is 34.6 Å². The van der Waals surface area contributed by atoms with E-state index >= 15 is 0 Å². The molecule has 2 heteroatoms. The quantitative estimate of drug-likeness (QED) is 0.152. The van der Waals surface area contributed by atoms with E-state index in [2.05, 4.69) is 209 Å². The highest BCUT2D eigenvalue weighted by Gasteiger charge is 2.17. The Morgan fingerprint density at radius 2 is 0.627 bits per heavy atom. The van der Waals surface area contributed by atoms with E-state index in [4.69, 9.17) is 0 Å². The van der Waals surface area contributed by atoms with Crippen molar-refractivity contribution in [1.29, 1.82) is 0 Å². The summed E-state index contributed by atoms with van der Waals surface area (Å²) in [5.41, 5.74) is 19.5. The van der Waals surface area contributed by atoms with Gasteiger partial charge >= 0.3 is 0 Å². The van der Waals surface area contributed by atoms with Crippen LogP contribution in [0.1, 0.15) is 40.3 Å². The number of hydrogen-bond donors (Lipinski definition) is 0. The fraction of sp³-hybridized carbons (Fsp3) is 0.143. The number of rotatable bonds is 9. The standard InChI is InChI=1S/C49H46N2/c1-7-39-12-24-45(25-13-39)51(49-31-11-36(4)33-38(49)6)47-28-20-43(21-29-47)41-16-14-40(15-17-41)42-18-26-46(27-19-42)50(44-22-8-34(2)9-23-44)48-30-10-35(3)32-37(48)5/h8-33H,7H2,1-6H3. The Balaban J connectivity index is 1.15. The molecule has 252 valence electrons. The van der Waals surface area contributed by atoms with Gasteiger partial charge in [0, 0.05) is 34.1 Å². The predicted molar refractivity (Wildman–Crippen MR) is 220 cm³/mol. The molecule has 0 aliphatic carbocycles. The molecule has 0 fully saturated rings. The van der Waals surface area contributed by atoms with Gasteiger partial charge in [0.1, 0.15) is 0 Å². The molecule has 0 bridgehead atoms. The molecule has 0 aromatic heterocycles. The minimum Gasteiger partial charge on any atom is -0.310 e. The predicted octanol–water partition coefficient (Wildman–Crippen LogP) is 14.1. The molecule has 2 nitrogen and oxygen atoms in total. The van der Waals surface area contributed by atoms with Gasteiger partial charge in [0.2, 0.25) is 0 Å². The summed E-state index contributed by atoms with van der Waals surface area (Å²) in [6.45, 7) is 13.0. The van der Waals surface area contributed by atoms with E-state index in [1.807, 2.05) is 0 Å². The number of aryl methyl sites for hydroxylation is 6. The van der Waals surface area contributed by atoms with Gasteiger partial charge in [-0.1, -0.05) is 121 Å². The summed E-state index contributed by atoms with van der Waals surface area (Å²) in [5.74, 6) is 0. The summed E-state index contributed by atoms with van der Waals surface area (Å²) in [6, 6.07) is 57.9. The van der Waals surface area contributed by atoms with Gasteiger partial charge in [-0.3, -0.25) is 0 Å². The molecule has 0 radical (unpaired) electrons. The van der Waals surface area contributed by atoms with Crippen LogP contribution in [0.5, 0.6) is 0 Å². The number of hydrogen-bond acceptors (Lipinski definition) is 2. The van der Waals surface area contributed by atoms with Crippen LogP contribution in [0.2, 0.25) is 0 Å². The van der Waals surface area contributed by atoms with E-state index in [0.29, 0.717) is 0 Å². The van der Waals surface area contributed by atoms with Crippen molar-refractivity contribution >= 4 is 34.1 Å². The van der Waals surface area contributed by atoms with Gasteiger partial charge in [0.15, 0.2) is 0 Å². The van der Waals surface area contributed by atoms with Gasteiger partial charge in [-0.25, -0.2) is 0 Å². The molecule has 7 aromatic carbocycles. The summed E-state index contributed by atoms with van der Waals surface area (Å²) >= 11 is 0. The van der Waals surface area contributed by atoms with Crippen LogP contribution in [0.15, 0.2) is 158 Å². The summed E-state index contributed by atoms with van der Waals surface area (Å²) in [5, 5.41) is 0. The van der Waals surface area contributed by atoms with Crippen molar-refractivity contribution in [2.75, 3.05) is 9.80 Å². The molecule has 0 saturated heterocycles. The molecule has 0 heterocycles. The molecule has 0 amide bonds. The molecular formula is C49H46N2. The molecule has 0 spiro atoms. The molecule has 7 aromatic rings. The Kier molecular flexibility index (Phi) is 9.59. The summed E-state index contributed by atoms with van der Waals surface area (Å²) in [4.78, 5) is 4.72. The first-order chi connectivity index (χ1) is 24.8. The third-order valence-corrected chi connectivity index (χ3v) is 9.88. The van der Waals surface area contributed by atoms with E-state index in [0.717, 1.165) is 23.5 Å². The van der Waals surface area contributed by atoms with Gasteiger partial charge in [-0.2, -0.15) is 0 Å². The lowest BCUT2D eigenvalue weighted by Crippen LogP contribution is -2.11. The fourth-order valence-corrected chi connectivity index (χ4v) is 7.00. The highest BCUT2D eigenvalue weighted by atomic mass is 15.1. The normalized spacial score (nSPS) is 11.0. The third-order valence-electron chi connectivity index (χ3n) is 9.88. The highest BCUT2D eigenvalue weighted by molar-refractivity contribution is 5.82. The summed E-state index contributed by atoms with van der Waals surface area (Å²) < 4.78 is 0. The Morgan fingerprint density at radius 3 is 0.961 bits per heavy atom. The topological polar surface area (TPSA) is 6.48 Å². The zero-order chi connectivity index (χ0) is 35.5. The van der Waals surface area contributed by atoms with Crippen LogP contribution >= 0.6 is 0 Å². The molecule has 0 aliphatic rings. The molecular weight excluding hydrogens is 617 g/mol. The van der Waals surface area contributed by atoms with E-state index in [1.165, 1.54) is 72.7 Å². The molecule has 0 saturated carbocycles. The van der Waals surface area contributed by atoms with Crippen LogP contribution in [-0.4, -0.2) is 0 Å². The SMILES string of the molecule is CCc1ccc(N(c2ccc(-c3ccc(-c4ccc(N(c5ccc(C)cc5)c5ccc(C)cc5C)cc4)cc3)cc2)c2ccc(C)cc2C)cc1. The van der Waals surface area contributed by atoms with Crippen LogP contribution in [0.4, 0.5) is 34.1 Å². The van der Waals surface area contributed by atoms with E-state index in [-0.39, 0.29) is 0 Å². The van der Waals surface area contributed by atoms with E-state index < -0.39 is 0 Å². The minimum absolute atomic E-state index is 1.03. The molecule has 0 atom stereocenters. The minimum atomic E-state index is 1.03. The van der Waals surface area contributed by atoms with Crippen LogP contribution in [0.3, 0.4) is 0 Å². The second kappa shape index (κ2) is 14.5. The Bertz CT molecular complexity index is 2240. The van der Waals surface area contributed by atoms with Crippen LogP contribution in [0.25, 0.3) is 22.3 Å². The Hall–Kier alpha value is -5.86. The average molecular weight is 663 g/mol. The lowest BCUT2D eigenvalue weighted by atomic mass is 9.99. The molecule has 7 rings (SSSR count). The zero-order valence-electron chi connectivity index (χ0n) is 30.6. The van der Waals surface area contributed by atoms with Crippen molar-refractivity contribution in [3.05, 3.63) is 191 Å². The van der Waals surface area contributed by atoms with Gasteiger partial charge in [0.25, 0.3) is 0 Å². The third kappa shape index (κ3) is 7.23. The molecule has 51 heavy (non-hydrogen) atoms. The zero-order valence-corrected chi connectivity index (χ0v) is 30.6. The van der Waals surface area contributed by atoms with Crippen molar-refractivity contribution in [2.45, 2.75) is 48.0 Å². The first kappa shape index (κ1) is 33.6.